The van der Waals surface area contributed by atoms with Crippen molar-refractivity contribution in [2.75, 3.05) is 23.4 Å². The Morgan fingerprint density at radius 1 is 1.29 bits per heavy atom. The summed E-state index contributed by atoms with van der Waals surface area (Å²) in [6.07, 6.45) is 2.79. The molecular formula is C18H23BrN4O. The summed E-state index contributed by atoms with van der Waals surface area (Å²) in [5, 5.41) is 12.7. The third-order valence-electron chi connectivity index (χ3n) is 4.46. The van der Waals surface area contributed by atoms with E-state index in [1.54, 1.807) is 6.20 Å². The molecule has 0 spiro atoms. The van der Waals surface area contributed by atoms with Gasteiger partial charge in [-0.25, -0.2) is 4.98 Å². The van der Waals surface area contributed by atoms with E-state index in [2.05, 4.69) is 68.2 Å². The zero-order chi connectivity index (χ0) is 17.1. The molecule has 0 fully saturated rings. The van der Waals surface area contributed by atoms with Gasteiger partial charge in [-0.3, -0.25) is 0 Å². The topological polar surface area (TPSA) is 61.3 Å². The summed E-state index contributed by atoms with van der Waals surface area (Å²) in [7, 11) is 0. The first-order chi connectivity index (χ1) is 11.6. The molecule has 0 unspecified atom stereocenters. The zero-order valence-corrected chi connectivity index (χ0v) is 15.6. The molecule has 128 valence electrons. The van der Waals surface area contributed by atoms with Crippen LogP contribution in [0.5, 0.6) is 0 Å². The average molecular weight is 391 g/mol. The molecule has 0 bridgehead atoms. The Labute approximate surface area is 151 Å². The predicted molar refractivity (Wildman–Crippen MR) is 100 cm³/mol. The summed E-state index contributed by atoms with van der Waals surface area (Å²) in [5.41, 5.74) is 2.74. The van der Waals surface area contributed by atoms with Gasteiger partial charge in [0, 0.05) is 23.8 Å². The van der Waals surface area contributed by atoms with Crippen molar-refractivity contribution in [1.29, 1.82) is 0 Å². The maximum atomic E-state index is 9.48. The molecular weight excluding hydrogens is 368 g/mol. The van der Waals surface area contributed by atoms with Crippen molar-refractivity contribution in [2.45, 2.75) is 32.9 Å². The Hall–Kier alpha value is -1.66. The Morgan fingerprint density at radius 3 is 2.88 bits per heavy atom. The fraction of sp³-hybridized carbons (Fsp3) is 0.444. The van der Waals surface area contributed by atoms with Crippen LogP contribution in [0.1, 0.15) is 25.0 Å². The van der Waals surface area contributed by atoms with Gasteiger partial charge in [-0.1, -0.05) is 35.8 Å². The molecule has 3 rings (SSSR count). The van der Waals surface area contributed by atoms with Crippen molar-refractivity contribution in [3.63, 3.8) is 0 Å². The van der Waals surface area contributed by atoms with Crippen LogP contribution in [-0.2, 0) is 13.0 Å². The van der Waals surface area contributed by atoms with E-state index in [-0.39, 0.29) is 12.6 Å². The van der Waals surface area contributed by atoms with Crippen LogP contribution in [0.25, 0.3) is 0 Å². The molecule has 1 aromatic carbocycles. The lowest BCUT2D eigenvalue weighted by Gasteiger charge is -2.30. The Kier molecular flexibility index (Phi) is 5.36. The number of fused-ring (bicyclic) bond motifs is 1. The van der Waals surface area contributed by atoms with Crippen molar-refractivity contribution >= 4 is 27.7 Å². The molecule has 0 radical (unpaired) electrons. The number of halogens is 1. The second kappa shape index (κ2) is 7.49. The smallest absolute Gasteiger partial charge is 0.224 e. The van der Waals surface area contributed by atoms with Crippen LogP contribution < -0.4 is 10.2 Å². The number of benzene rings is 1. The molecule has 0 amide bonds. The fourth-order valence-electron chi connectivity index (χ4n) is 2.91. The predicted octanol–water partition coefficient (Wildman–Crippen LogP) is 3.23. The largest absolute Gasteiger partial charge is 0.394 e. The molecule has 24 heavy (non-hydrogen) atoms. The minimum Gasteiger partial charge on any atom is -0.394 e. The monoisotopic (exact) mass is 390 g/mol. The third-order valence-corrected chi connectivity index (χ3v) is 4.95. The Balaban J connectivity index is 1.77. The molecule has 2 aromatic rings. The molecule has 2 heterocycles. The zero-order valence-electron chi connectivity index (χ0n) is 14.0. The number of nitrogens with zero attached hydrogens (tertiary/aromatic N) is 3. The lowest BCUT2D eigenvalue weighted by Crippen LogP contribution is -2.32. The molecule has 1 aromatic heterocycles. The van der Waals surface area contributed by atoms with Crippen molar-refractivity contribution in [3.05, 3.63) is 46.1 Å². The van der Waals surface area contributed by atoms with Gasteiger partial charge in [0.05, 0.1) is 12.6 Å². The van der Waals surface area contributed by atoms with Gasteiger partial charge in [0.25, 0.3) is 0 Å². The average Bonchev–Trinajstić information content (AvgIpc) is 2.59. The van der Waals surface area contributed by atoms with E-state index in [9.17, 15) is 5.11 Å². The lowest BCUT2D eigenvalue weighted by molar-refractivity contribution is 0.248. The molecule has 0 saturated carbocycles. The number of aliphatic hydroxyl groups excluding tert-OH is 1. The molecule has 5 nitrogen and oxygen atoms in total. The highest BCUT2D eigenvalue weighted by Crippen LogP contribution is 2.26. The fourth-order valence-corrected chi connectivity index (χ4v) is 3.31. The summed E-state index contributed by atoms with van der Waals surface area (Å²) >= 11 is 3.55. The first-order valence-electron chi connectivity index (χ1n) is 8.29. The van der Waals surface area contributed by atoms with E-state index in [0.29, 0.717) is 11.9 Å². The van der Waals surface area contributed by atoms with E-state index >= 15 is 0 Å². The number of nitrogens with one attached hydrogen (secondary N) is 1. The van der Waals surface area contributed by atoms with Crippen molar-refractivity contribution in [2.24, 2.45) is 5.92 Å². The van der Waals surface area contributed by atoms with Gasteiger partial charge in [-0.2, -0.15) is 4.98 Å². The minimum absolute atomic E-state index is 0.0433. The normalized spacial score (nSPS) is 15.3. The minimum atomic E-state index is -0.0433. The molecule has 0 saturated heterocycles. The van der Waals surface area contributed by atoms with Gasteiger partial charge < -0.3 is 15.3 Å². The second-order valence-electron chi connectivity index (χ2n) is 6.50. The second-order valence-corrected chi connectivity index (χ2v) is 7.42. The van der Waals surface area contributed by atoms with E-state index in [1.807, 2.05) is 6.07 Å². The summed E-state index contributed by atoms with van der Waals surface area (Å²) in [6, 6.07) is 8.37. The van der Waals surface area contributed by atoms with Gasteiger partial charge in [-0.15, -0.1) is 0 Å². The SMILES string of the molecule is CC(C)[C@@H](CO)Nc1nccc(N2CCc3ccc(Br)cc3C2)n1. The highest BCUT2D eigenvalue weighted by atomic mass is 79.9. The van der Waals surface area contributed by atoms with E-state index in [0.717, 1.165) is 29.8 Å². The number of hydrogen-bond acceptors (Lipinski definition) is 5. The van der Waals surface area contributed by atoms with Crippen molar-refractivity contribution in [1.82, 2.24) is 9.97 Å². The summed E-state index contributed by atoms with van der Waals surface area (Å²) < 4.78 is 1.11. The van der Waals surface area contributed by atoms with Gasteiger partial charge in [-0.05, 0) is 41.7 Å². The molecule has 1 aliphatic heterocycles. The Morgan fingerprint density at radius 2 is 2.12 bits per heavy atom. The number of aliphatic hydroxyl groups is 1. The van der Waals surface area contributed by atoms with Gasteiger partial charge in [0.1, 0.15) is 5.82 Å². The lowest BCUT2D eigenvalue weighted by atomic mass is 10.00. The van der Waals surface area contributed by atoms with E-state index in [1.165, 1.54) is 11.1 Å². The van der Waals surface area contributed by atoms with Crippen LogP contribution in [0, 0.1) is 5.92 Å². The quantitative estimate of drug-likeness (QED) is 0.820. The molecule has 6 heteroatoms. The van der Waals surface area contributed by atoms with Crippen LogP contribution in [0.2, 0.25) is 0 Å². The van der Waals surface area contributed by atoms with E-state index < -0.39 is 0 Å². The van der Waals surface area contributed by atoms with Crippen LogP contribution in [-0.4, -0.2) is 34.3 Å². The first-order valence-corrected chi connectivity index (χ1v) is 9.09. The van der Waals surface area contributed by atoms with Crippen molar-refractivity contribution < 1.29 is 5.11 Å². The maximum Gasteiger partial charge on any atom is 0.224 e. The number of anilines is 2. The summed E-state index contributed by atoms with van der Waals surface area (Å²) in [6.45, 7) is 5.99. The van der Waals surface area contributed by atoms with Gasteiger partial charge in [0.2, 0.25) is 5.95 Å². The van der Waals surface area contributed by atoms with Crippen LogP contribution in [0.15, 0.2) is 34.9 Å². The maximum absolute atomic E-state index is 9.48. The molecule has 1 atom stereocenters. The molecule has 0 aliphatic carbocycles. The summed E-state index contributed by atoms with van der Waals surface area (Å²) in [4.78, 5) is 11.2. The van der Waals surface area contributed by atoms with Crippen LogP contribution in [0.4, 0.5) is 11.8 Å². The highest BCUT2D eigenvalue weighted by molar-refractivity contribution is 9.10. The molecule has 2 N–H and O–H groups in total. The van der Waals surface area contributed by atoms with Crippen LogP contribution in [0.3, 0.4) is 0 Å². The van der Waals surface area contributed by atoms with E-state index in [4.69, 9.17) is 0 Å². The highest BCUT2D eigenvalue weighted by Gasteiger charge is 2.19. The number of aromatic nitrogens is 2. The van der Waals surface area contributed by atoms with Gasteiger partial charge in [0.15, 0.2) is 0 Å². The Bertz CT molecular complexity index is 707. The number of rotatable bonds is 5. The summed E-state index contributed by atoms with van der Waals surface area (Å²) in [5.74, 6) is 1.79. The van der Waals surface area contributed by atoms with Gasteiger partial charge >= 0.3 is 0 Å². The molecule has 1 aliphatic rings. The van der Waals surface area contributed by atoms with Crippen LogP contribution >= 0.6 is 15.9 Å². The first kappa shape index (κ1) is 17.2. The third kappa shape index (κ3) is 3.87. The standard InChI is InChI=1S/C18H23BrN4O/c1-12(2)16(11-24)21-18-20-7-5-17(22-18)23-8-6-13-3-4-15(19)9-14(13)10-23/h3-5,7,9,12,16,24H,6,8,10-11H2,1-2H3,(H,20,21,22)/t16-/m1/s1. The number of hydrogen-bond donors (Lipinski definition) is 2. The van der Waals surface area contributed by atoms with Crippen molar-refractivity contribution in [3.8, 4) is 0 Å².